The van der Waals surface area contributed by atoms with E-state index in [4.69, 9.17) is 8.85 Å². The van der Waals surface area contributed by atoms with Gasteiger partial charge in [0.1, 0.15) is 0 Å². The average molecular weight is 297 g/mol. The molecule has 0 spiro atoms. The van der Waals surface area contributed by atoms with E-state index in [1.54, 1.807) is 0 Å². The van der Waals surface area contributed by atoms with E-state index in [0.29, 0.717) is 0 Å². The first-order chi connectivity index (χ1) is 9.90. The minimum Gasteiger partial charge on any atom is -0.397 e. The molecule has 0 saturated heterocycles. The van der Waals surface area contributed by atoms with Gasteiger partial charge in [0, 0.05) is 6.61 Å². The monoisotopic (exact) mass is 296 g/mol. The largest absolute Gasteiger partial charge is 0.397 e. The van der Waals surface area contributed by atoms with Gasteiger partial charge in [-0.2, -0.15) is 0 Å². The Balaban J connectivity index is 1.68. The van der Waals surface area contributed by atoms with Crippen molar-refractivity contribution in [2.75, 3.05) is 13.2 Å². The molecule has 0 heterocycles. The van der Waals surface area contributed by atoms with Gasteiger partial charge in [-0.25, -0.2) is 0 Å². The zero-order chi connectivity index (χ0) is 14.0. The number of hydrogen-bond acceptors (Lipinski definition) is 2. The molecule has 1 atom stereocenters. The van der Waals surface area contributed by atoms with Crippen molar-refractivity contribution >= 4 is 9.28 Å². The maximum absolute atomic E-state index is 6.12. The molecule has 0 aliphatic heterocycles. The van der Waals surface area contributed by atoms with Crippen LogP contribution in [-0.2, 0) is 8.85 Å². The van der Waals surface area contributed by atoms with Crippen LogP contribution in [0.1, 0.15) is 71.1 Å². The summed E-state index contributed by atoms with van der Waals surface area (Å²) in [6.45, 7) is 3.70. The molecule has 2 fully saturated rings. The lowest BCUT2D eigenvalue weighted by molar-refractivity contribution is 0.212. The predicted octanol–water partition coefficient (Wildman–Crippen LogP) is 4.73. The highest BCUT2D eigenvalue weighted by Crippen LogP contribution is 2.33. The third kappa shape index (κ3) is 5.70. The van der Waals surface area contributed by atoms with E-state index in [1.807, 2.05) is 0 Å². The quantitative estimate of drug-likeness (QED) is 0.384. The summed E-state index contributed by atoms with van der Waals surface area (Å²) in [5.41, 5.74) is 0.765. The molecular formula is C17H32O2Si. The van der Waals surface area contributed by atoms with Crippen LogP contribution in [0.5, 0.6) is 0 Å². The van der Waals surface area contributed by atoms with Crippen molar-refractivity contribution in [3.8, 4) is 0 Å². The number of allylic oxidation sites excluding steroid dienone is 1. The number of hydrogen-bond donors (Lipinski definition) is 0. The molecule has 0 amide bonds. The zero-order valence-electron chi connectivity index (χ0n) is 13.2. The molecule has 0 N–H and O–H groups in total. The second-order valence-electron chi connectivity index (χ2n) is 6.38. The Bertz CT molecular complexity index is 266. The van der Waals surface area contributed by atoms with Crippen LogP contribution >= 0.6 is 0 Å². The first kappa shape index (κ1) is 16.3. The Morgan fingerprint density at radius 1 is 0.900 bits per heavy atom. The van der Waals surface area contributed by atoms with Crippen molar-refractivity contribution in [3.63, 3.8) is 0 Å². The Labute approximate surface area is 126 Å². The van der Waals surface area contributed by atoms with Crippen LogP contribution in [-0.4, -0.2) is 22.5 Å². The fraction of sp³-hybridized carbons (Fsp3) is 0.882. The van der Waals surface area contributed by atoms with Gasteiger partial charge < -0.3 is 8.85 Å². The topological polar surface area (TPSA) is 18.5 Å². The molecule has 0 radical (unpaired) electrons. The summed E-state index contributed by atoms with van der Waals surface area (Å²) in [6, 6.07) is 0. The maximum atomic E-state index is 6.12. The Hall–Kier alpha value is -0.123. The van der Waals surface area contributed by atoms with Gasteiger partial charge in [0.25, 0.3) is 0 Å². The molecule has 0 aromatic rings. The maximum Gasteiger partial charge on any atom is 0.324 e. The van der Waals surface area contributed by atoms with Crippen LogP contribution < -0.4 is 0 Å². The Morgan fingerprint density at radius 3 is 2.20 bits per heavy atom. The average Bonchev–Trinajstić information content (AvgIpc) is 2.87. The molecule has 20 heavy (non-hydrogen) atoms. The van der Waals surface area contributed by atoms with Gasteiger partial charge in [-0.15, -0.1) is 0 Å². The van der Waals surface area contributed by atoms with E-state index in [1.165, 1.54) is 64.2 Å². The molecule has 3 heteroatoms. The van der Waals surface area contributed by atoms with Crippen molar-refractivity contribution in [1.82, 2.24) is 0 Å². The van der Waals surface area contributed by atoms with Crippen LogP contribution in [0.4, 0.5) is 0 Å². The minimum absolute atomic E-state index is 0.765. The van der Waals surface area contributed by atoms with Crippen molar-refractivity contribution in [2.45, 2.75) is 76.7 Å². The summed E-state index contributed by atoms with van der Waals surface area (Å²) in [6.07, 6.45) is 18.6. The molecule has 2 aliphatic rings. The van der Waals surface area contributed by atoms with Crippen molar-refractivity contribution in [2.24, 2.45) is 5.92 Å². The van der Waals surface area contributed by atoms with Crippen LogP contribution in [0.25, 0.3) is 0 Å². The molecule has 0 aromatic heterocycles. The molecule has 2 saturated carbocycles. The molecule has 1 unspecified atom stereocenters. The van der Waals surface area contributed by atoms with Gasteiger partial charge in [-0.1, -0.05) is 50.7 Å². The van der Waals surface area contributed by atoms with Gasteiger partial charge in [0.2, 0.25) is 0 Å². The Kier molecular flexibility index (Phi) is 7.92. The SMILES string of the molecule is CCO[SiH](OCC=CC1CCCCCC1)C1CCCC1. The lowest BCUT2D eigenvalue weighted by atomic mass is 10.0. The highest BCUT2D eigenvalue weighted by atomic mass is 28.3. The van der Waals surface area contributed by atoms with Crippen molar-refractivity contribution in [1.29, 1.82) is 0 Å². The highest BCUT2D eigenvalue weighted by Gasteiger charge is 2.28. The fourth-order valence-corrected chi connectivity index (χ4v) is 5.90. The summed E-state index contributed by atoms with van der Waals surface area (Å²) in [4.78, 5) is 0. The van der Waals surface area contributed by atoms with E-state index >= 15 is 0 Å². The molecular weight excluding hydrogens is 264 g/mol. The summed E-state index contributed by atoms with van der Waals surface area (Å²) in [5.74, 6) is 0.805. The smallest absolute Gasteiger partial charge is 0.324 e. The summed E-state index contributed by atoms with van der Waals surface area (Å²) < 4.78 is 12.0. The molecule has 2 aliphatic carbocycles. The lowest BCUT2D eigenvalue weighted by Crippen LogP contribution is -2.28. The molecule has 0 aromatic carbocycles. The standard InChI is InChI=1S/C17H32O2Si/c1-2-18-20(17-13-7-8-14-17)19-15-9-12-16-10-5-3-4-6-11-16/h9,12,16-17,20H,2-8,10-11,13-15H2,1H3. The molecule has 116 valence electrons. The van der Waals surface area contributed by atoms with Gasteiger partial charge in [0.05, 0.1) is 6.61 Å². The van der Waals surface area contributed by atoms with Crippen LogP contribution in [0.3, 0.4) is 0 Å². The normalized spacial score (nSPS) is 24.2. The first-order valence-corrected chi connectivity index (χ1v) is 10.4. The molecule has 2 rings (SSSR count). The van der Waals surface area contributed by atoms with Gasteiger partial charge >= 0.3 is 9.28 Å². The number of rotatable bonds is 7. The van der Waals surface area contributed by atoms with E-state index in [-0.39, 0.29) is 0 Å². The summed E-state index contributed by atoms with van der Waals surface area (Å²) in [5, 5.41) is 0. The van der Waals surface area contributed by atoms with Gasteiger partial charge in [-0.05, 0) is 44.1 Å². The third-order valence-corrected chi connectivity index (χ3v) is 7.40. The van der Waals surface area contributed by atoms with Crippen LogP contribution in [0, 0.1) is 5.92 Å². The molecule has 2 nitrogen and oxygen atoms in total. The highest BCUT2D eigenvalue weighted by molar-refractivity contribution is 6.46. The molecule has 0 bridgehead atoms. The summed E-state index contributed by atoms with van der Waals surface area (Å²) in [7, 11) is -1.42. The van der Waals surface area contributed by atoms with Crippen LogP contribution in [0.15, 0.2) is 12.2 Å². The van der Waals surface area contributed by atoms with Crippen molar-refractivity contribution < 1.29 is 8.85 Å². The van der Waals surface area contributed by atoms with E-state index < -0.39 is 9.28 Å². The first-order valence-electron chi connectivity index (χ1n) is 8.80. The van der Waals surface area contributed by atoms with Crippen molar-refractivity contribution in [3.05, 3.63) is 12.2 Å². The van der Waals surface area contributed by atoms with Gasteiger partial charge in [-0.3, -0.25) is 0 Å². The van der Waals surface area contributed by atoms with E-state index in [2.05, 4.69) is 19.1 Å². The lowest BCUT2D eigenvalue weighted by Gasteiger charge is -2.20. The fourth-order valence-electron chi connectivity index (χ4n) is 3.62. The van der Waals surface area contributed by atoms with Gasteiger partial charge in [0.15, 0.2) is 0 Å². The second-order valence-corrected chi connectivity index (χ2v) is 8.73. The zero-order valence-corrected chi connectivity index (χ0v) is 14.3. The minimum atomic E-state index is -1.42. The second kappa shape index (κ2) is 9.75. The third-order valence-electron chi connectivity index (χ3n) is 4.78. The summed E-state index contributed by atoms with van der Waals surface area (Å²) >= 11 is 0. The van der Waals surface area contributed by atoms with E-state index in [9.17, 15) is 0 Å². The predicted molar refractivity (Wildman–Crippen MR) is 87.3 cm³/mol. The van der Waals surface area contributed by atoms with E-state index in [0.717, 1.165) is 24.7 Å². The van der Waals surface area contributed by atoms with Crippen LogP contribution in [0.2, 0.25) is 5.54 Å². The Morgan fingerprint density at radius 2 is 1.55 bits per heavy atom.